The first-order valence-electron chi connectivity index (χ1n) is 9.52. The summed E-state index contributed by atoms with van der Waals surface area (Å²) in [6, 6.07) is 4.26. The van der Waals surface area contributed by atoms with E-state index in [1.165, 1.54) is 24.8 Å². The summed E-state index contributed by atoms with van der Waals surface area (Å²) in [7, 11) is 1.78. The zero-order chi connectivity index (χ0) is 17.5. The van der Waals surface area contributed by atoms with Gasteiger partial charge in [-0.25, -0.2) is 9.98 Å². The molecule has 1 N–H and O–H groups in total. The molecule has 0 radical (unpaired) electrons. The number of guanidine groups is 1. The maximum atomic E-state index is 5.31. The molecule has 25 heavy (non-hydrogen) atoms. The molecule has 0 amide bonds. The number of rotatable bonds is 6. The Morgan fingerprint density at radius 1 is 1.36 bits per heavy atom. The van der Waals surface area contributed by atoms with Crippen LogP contribution in [0.4, 0.5) is 5.82 Å². The van der Waals surface area contributed by atoms with Gasteiger partial charge in [0.05, 0.1) is 13.2 Å². The quantitative estimate of drug-likeness (QED) is 0.632. The van der Waals surface area contributed by atoms with E-state index >= 15 is 0 Å². The summed E-state index contributed by atoms with van der Waals surface area (Å²) in [5, 5.41) is 3.44. The van der Waals surface area contributed by atoms with E-state index in [2.05, 4.69) is 39.2 Å². The fraction of sp³-hybridized carbons (Fsp3) is 0.684. The molecule has 1 aromatic rings. The minimum Gasteiger partial charge on any atom is -0.384 e. The monoisotopic (exact) mass is 345 g/mol. The lowest BCUT2D eigenvalue weighted by Gasteiger charge is -2.22. The maximum Gasteiger partial charge on any atom is 0.194 e. The lowest BCUT2D eigenvalue weighted by molar-refractivity contribution is 0.157. The Hall–Kier alpha value is -1.82. The normalized spacial score (nSPS) is 21.2. The van der Waals surface area contributed by atoms with Gasteiger partial charge in [0, 0.05) is 51.9 Å². The van der Waals surface area contributed by atoms with Crippen molar-refractivity contribution in [2.24, 2.45) is 10.9 Å². The summed E-state index contributed by atoms with van der Waals surface area (Å²) >= 11 is 0. The Balaban J connectivity index is 1.64. The third-order valence-electron chi connectivity index (χ3n) is 4.97. The summed E-state index contributed by atoms with van der Waals surface area (Å²) in [4.78, 5) is 14.1. The van der Waals surface area contributed by atoms with Crippen molar-refractivity contribution in [3.8, 4) is 0 Å². The van der Waals surface area contributed by atoms with Crippen LogP contribution in [0.25, 0.3) is 0 Å². The molecule has 1 atom stereocenters. The smallest absolute Gasteiger partial charge is 0.194 e. The fourth-order valence-corrected chi connectivity index (χ4v) is 3.67. The molecule has 6 nitrogen and oxygen atoms in total. The first-order valence-corrected chi connectivity index (χ1v) is 9.52. The number of aromatic nitrogens is 1. The van der Waals surface area contributed by atoms with Gasteiger partial charge in [0.2, 0.25) is 0 Å². The molecule has 1 unspecified atom stereocenters. The van der Waals surface area contributed by atoms with Crippen LogP contribution in [0.5, 0.6) is 0 Å². The molecule has 0 spiro atoms. The molecule has 138 valence electrons. The number of hydrogen-bond acceptors (Lipinski definition) is 4. The molecule has 2 saturated heterocycles. The van der Waals surface area contributed by atoms with Crippen LogP contribution in [0.3, 0.4) is 0 Å². The number of aliphatic imine (C=N–C) groups is 1. The highest BCUT2D eigenvalue weighted by atomic mass is 16.5. The Bertz CT molecular complexity index is 571. The number of ether oxygens (including phenoxy) is 1. The van der Waals surface area contributed by atoms with Crippen molar-refractivity contribution < 1.29 is 4.74 Å². The van der Waals surface area contributed by atoms with Gasteiger partial charge >= 0.3 is 0 Å². The third kappa shape index (κ3) is 4.84. The highest BCUT2D eigenvalue weighted by Gasteiger charge is 2.24. The summed E-state index contributed by atoms with van der Waals surface area (Å²) in [6.07, 6.45) is 5.63. The van der Waals surface area contributed by atoms with E-state index in [0.717, 1.165) is 51.1 Å². The molecule has 2 fully saturated rings. The SMILES string of the molecule is CCNC(=NCc1ccnc(N2CCCC2)c1)N1CCC(COC)C1. The van der Waals surface area contributed by atoms with Crippen LogP contribution in [0.1, 0.15) is 31.7 Å². The van der Waals surface area contributed by atoms with E-state index in [1.54, 1.807) is 7.11 Å². The highest BCUT2D eigenvalue weighted by Crippen LogP contribution is 2.20. The largest absolute Gasteiger partial charge is 0.384 e. The molecule has 3 rings (SSSR count). The average Bonchev–Trinajstić information content (AvgIpc) is 3.31. The van der Waals surface area contributed by atoms with Crippen molar-refractivity contribution in [2.45, 2.75) is 32.7 Å². The fourth-order valence-electron chi connectivity index (χ4n) is 3.67. The molecule has 2 aliphatic rings. The van der Waals surface area contributed by atoms with E-state index < -0.39 is 0 Å². The zero-order valence-electron chi connectivity index (χ0n) is 15.6. The van der Waals surface area contributed by atoms with Crippen LogP contribution in [-0.2, 0) is 11.3 Å². The number of nitrogens with zero attached hydrogens (tertiary/aromatic N) is 4. The molecule has 3 heterocycles. The van der Waals surface area contributed by atoms with Gasteiger partial charge in [0.1, 0.15) is 5.82 Å². The molecule has 0 aliphatic carbocycles. The molecule has 0 bridgehead atoms. The van der Waals surface area contributed by atoms with E-state index in [0.29, 0.717) is 12.5 Å². The second kappa shape index (κ2) is 9.04. The number of likely N-dealkylation sites (tertiary alicyclic amines) is 1. The summed E-state index contributed by atoms with van der Waals surface area (Å²) < 4.78 is 5.31. The lowest BCUT2D eigenvalue weighted by Crippen LogP contribution is -2.40. The van der Waals surface area contributed by atoms with Gasteiger partial charge in [-0.2, -0.15) is 0 Å². The van der Waals surface area contributed by atoms with Crippen molar-refractivity contribution in [3.05, 3.63) is 23.9 Å². The van der Waals surface area contributed by atoms with Crippen LogP contribution < -0.4 is 10.2 Å². The van der Waals surface area contributed by atoms with E-state index in [1.807, 2.05) is 6.20 Å². The van der Waals surface area contributed by atoms with Gasteiger partial charge in [-0.3, -0.25) is 0 Å². The Kier molecular flexibility index (Phi) is 6.50. The number of methoxy groups -OCH3 is 1. The summed E-state index contributed by atoms with van der Waals surface area (Å²) in [5.41, 5.74) is 1.22. The molecular formula is C19H31N5O. The first kappa shape index (κ1) is 18.0. The van der Waals surface area contributed by atoms with Gasteiger partial charge in [-0.15, -0.1) is 0 Å². The molecule has 0 saturated carbocycles. The number of pyridine rings is 1. The van der Waals surface area contributed by atoms with E-state index in [4.69, 9.17) is 9.73 Å². The molecule has 0 aromatic carbocycles. The predicted molar refractivity (Wildman–Crippen MR) is 102 cm³/mol. The van der Waals surface area contributed by atoms with Gasteiger partial charge in [0.15, 0.2) is 5.96 Å². The van der Waals surface area contributed by atoms with Crippen LogP contribution in [0, 0.1) is 5.92 Å². The topological polar surface area (TPSA) is 53.0 Å². The summed E-state index contributed by atoms with van der Waals surface area (Å²) in [6.45, 7) is 8.85. The standard InChI is InChI=1S/C19H31N5O/c1-3-20-19(24-11-7-17(14-24)15-25-2)22-13-16-6-8-21-18(12-16)23-9-4-5-10-23/h6,8,12,17H,3-5,7,9-11,13-15H2,1-2H3,(H,20,22). The van der Waals surface area contributed by atoms with Gasteiger partial charge < -0.3 is 19.9 Å². The minimum atomic E-state index is 0.608. The summed E-state index contributed by atoms with van der Waals surface area (Å²) in [5.74, 6) is 2.72. The van der Waals surface area contributed by atoms with Crippen LogP contribution in [0.15, 0.2) is 23.3 Å². The molecular weight excluding hydrogens is 314 g/mol. The van der Waals surface area contributed by atoms with Crippen molar-refractivity contribution in [1.82, 2.24) is 15.2 Å². The average molecular weight is 345 g/mol. The Morgan fingerprint density at radius 3 is 2.96 bits per heavy atom. The Morgan fingerprint density at radius 2 is 2.20 bits per heavy atom. The van der Waals surface area contributed by atoms with Crippen LogP contribution in [0.2, 0.25) is 0 Å². The molecule has 6 heteroatoms. The zero-order valence-corrected chi connectivity index (χ0v) is 15.6. The second-order valence-corrected chi connectivity index (χ2v) is 6.94. The number of nitrogens with one attached hydrogen (secondary N) is 1. The van der Waals surface area contributed by atoms with Crippen LogP contribution >= 0.6 is 0 Å². The first-order chi connectivity index (χ1) is 12.3. The van der Waals surface area contributed by atoms with Gasteiger partial charge in [-0.1, -0.05) is 0 Å². The van der Waals surface area contributed by atoms with Gasteiger partial charge in [-0.05, 0) is 43.9 Å². The minimum absolute atomic E-state index is 0.608. The molecule has 2 aliphatic heterocycles. The van der Waals surface area contributed by atoms with Gasteiger partial charge in [0.25, 0.3) is 0 Å². The van der Waals surface area contributed by atoms with Crippen molar-refractivity contribution in [3.63, 3.8) is 0 Å². The van der Waals surface area contributed by atoms with E-state index in [-0.39, 0.29) is 0 Å². The van der Waals surface area contributed by atoms with Crippen molar-refractivity contribution in [1.29, 1.82) is 0 Å². The highest BCUT2D eigenvalue weighted by molar-refractivity contribution is 5.80. The molecule has 1 aromatic heterocycles. The number of anilines is 1. The lowest BCUT2D eigenvalue weighted by atomic mass is 10.1. The van der Waals surface area contributed by atoms with Crippen molar-refractivity contribution in [2.75, 3.05) is 51.3 Å². The van der Waals surface area contributed by atoms with Crippen LogP contribution in [-0.4, -0.2) is 62.3 Å². The van der Waals surface area contributed by atoms with Crippen molar-refractivity contribution >= 4 is 11.8 Å². The van der Waals surface area contributed by atoms with E-state index in [9.17, 15) is 0 Å². The number of hydrogen-bond donors (Lipinski definition) is 1. The maximum absolute atomic E-state index is 5.31. The Labute approximate surface area is 151 Å². The third-order valence-corrected chi connectivity index (χ3v) is 4.97. The second-order valence-electron chi connectivity index (χ2n) is 6.94. The predicted octanol–water partition coefficient (Wildman–Crippen LogP) is 2.12.